The molecule has 1 heterocycles. The molecule has 0 aliphatic rings. The van der Waals surface area contributed by atoms with Gasteiger partial charge < -0.3 is 5.73 Å². The lowest BCUT2D eigenvalue weighted by molar-refractivity contribution is -0.681. The molecule has 0 unspecified atom stereocenters. The molecule has 3 heteroatoms. The number of anilines is 1. The maximum Gasteiger partial charge on any atom is 0.297 e. The van der Waals surface area contributed by atoms with E-state index in [9.17, 15) is 0 Å². The highest BCUT2D eigenvalue weighted by molar-refractivity contribution is 5.34. The fraction of sp³-hybridized carbons (Fsp3) is 0.429. The van der Waals surface area contributed by atoms with Crippen molar-refractivity contribution in [1.29, 1.82) is 0 Å². The van der Waals surface area contributed by atoms with E-state index in [0.717, 1.165) is 11.4 Å². The summed E-state index contributed by atoms with van der Waals surface area (Å²) in [6, 6.07) is 0. The third-order valence-corrected chi connectivity index (χ3v) is 1.47. The van der Waals surface area contributed by atoms with Gasteiger partial charge in [-0.2, -0.15) is 0 Å². The first-order valence-electron chi connectivity index (χ1n) is 3.76. The van der Waals surface area contributed by atoms with Crippen molar-refractivity contribution in [1.82, 2.24) is 4.98 Å². The van der Waals surface area contributed by atoms with Crippen LogP contribution >= 0.6 is 0 Å². The molecule has 0 aromatic carbocycles. The average Bonchev–Trinajstić information content (AvgIpc) is 1.97. The summed E-state index contributed by atoms with van der Waals surface area (Å²) >= 11 is 0. The lowest BCUT2D eigenvalue weighted by Gasteiger charge is -1.95. The highest BCUT2D eigenvalue weighted by Gasteiger charge is 2.06. The Labute approximate surface area is 61.9 Å². The third kappa shape index (κ3) is 1.07. The number of aryl methyl sites for hydroxylation is 3. The zero-order chi connectivity index (χ0) is 8.43. The van der Waals surface area contributed by atoms with E-state index in [-0.39, 0.29) is 6.90 Å². The fourth-order valence-corrected chi connectivity index (χ4v) is 0.718. The van der Waals surface area contributed by atoms with Crippen LogP contribution in [0.25, 0.3) is 0 Å². The third-order valence-electron chi connectivity index (χ3n) is 1.47. The predicted molar refractivity (Wildman–Crippen MR) is 39.3 cm³/mol. The van der Waals surface area contributed by atoms with Gasteiger partial charge in [-0.1, -0.05) is 0 Å². The predicted octanol–water partition coefficient (Wildman–Crippen LogP) is 0.105. The first-order chi connectivity index (χ1) is 5.15. The zero-order valence-electron chi connectivity index (χ0n) is 7.26. The highest BCUT2D eigenvalue weighted by Crippen LogP contribution is 2.01. The Morgan fingerprint density at radius 1 is 1.80 bits per heavy atom. The molecule has 0 fully saturated rings. The maximum absolute atomic E-state index is 7.12. The van der Waals surface area contributed by atoms with Gasteiger partial charge in [0.05, 0.1) is 18.8 Å². The summed E-state index contributed by atoms with van der Waals surface area (Å²) in [4.78, 5) is 4.06. The van der Waals surface area contributed by atoms with Gasteiger partial charge in [0.2, 0.25) is 5.82 Å². The number of nitrogen functional groups attached to an aromatic ring is 1. The second-order valence-electron chi connectivity index (χ2n) is 2.31. The molecule has 0 aliphatic carbocycles. The van der Waals surface area contributed by atoms with Gasteiger partial charge in [-0.25, -0.2) is 4.57 Å². The SMILES string of the molecule is [2H]Cc1c[n+](C)c(C)nc1N. The topological polar surface area (TPSA) is 42.8 Å². The van der Waals surface area contributed by atoms with Gasteiger partial charge in [-0.05, 0) is 11.9 Å². The van der Waals surface area contributed by atoms with Crippen molar-refractivity contribution in [3.8, 4) is 0 Å². The number of hydrogen-bond donors (Lipinski definition) is 1. The minimum absolute atomic E-state index is 0.187. The molecule has 1 rings (SSSR count). The van der Waals surface area contributed by atoms with Crippen LogP contribution in [0, 0.1) is 13.8 Å². The first kappa shape index (κ1) is 5.65. The molecule has 0 atom stereocenters. The minimum atomic E-state index is 0.187. The number of rotatable bonds is 0. The van der Waals surface area contributed by atoms with E-state index >= 15 is 0 Å². The van der Waals surface area contributed by atoms with Crippen molar-refractivity contribution >= 4 is 5.82 Å². The number of hydrogen-bond acceptors (Lipinski definition) is 2. The number of nitrogens with zero attached hydrogens (tertiary/aromatic N) is 2. The minimum Gasteiger partial charge on any atom is -0.363 e. The van der Waals surface area contributed by atoms with Crippen LogP contribution in [0.1, 0.15) is 12.8 Å². The van der Waals surface area contributed by atoms with E-state index in [0.29, 0.717) is 5.82 Å². The molecular formula is C7H12N3+. The molecule has 0 bridgehead atoms. The van der Waals surface area contributed by atoms with Crippen LogP contribution in [0.4, 0.5) is 5.82 Å². The van der Waals surface area contributed by atoms with Crippen LogP contribution in [0.2, 0.25) is 0 Å². The first-order valence-corrected chi connectivity index (χ1v) is 3.06. The van der Waals surface area contributed by atoms with Crippen LogP contribution in [-0.4, -0.2) is 4.98 Å². The molecule has 3 nitrogen and oxygen atoms in total. The van der Waals surface area contributed by atoms with Gasteiger partial charge in [0, 0.05) is 8.29 Å². The zero-order valence-corrected chi connectivity index (χ0v) is 6.26. The van der Waals surface area contributed by atoms with Crippen LogP contribution in [0.15, 0.2) is 6.20 Å². The summed E-state index contributed by atoms with van der Waals surface area (Å²) in [5, 5.41) is 0. The average molecular weight is 139 g/mol. The summed E-state index contributed by atoms with van der Waals surface area (Å²) in [6.45, 7) is 2.07. The molecule has 0 aliphatic heterocycles. The van der Waals surface area contributed by atoms with E-state index in [2.05, 4.69) is 4.98 Å². The Morgan fingerprint density at radius 3 is 3.10 bits per heavy atom. The summed E-state index contributed by atoms with van der Waals surface area (Å²) in [7, 11) is 1.89. The molecule has 2 N–H and O–H groups in total. The van der Waals surface area contributed by atoms with Crippen molar-refractivity contribution < 1.29 is 5.94 Å². The quantitative estimate of drug-likeness (QED) is 0.518. The molecule has 0 saturated carbocycles. The summed E-state index contributed by atoms with van der Waals surface area (Å²) < 4.78 is 8.98. The molecule has 1 aromatic heterocycles. The second-order valence-corrected chi connectivity index (χ2v) is 2.31. The summed E-state index contributed by atoms with van der Waals surface area (Å²) in [5.41, 5.74) is 6.33. The smallest absolute Gasteiger partial charge is 0.297 e. The molecule has 0 amide bonds. The van der Waals surface area contributed by atoms with Gasteiger partial charge in [-0.3, -0.25) is 0 Å². The van der Waals surface area contributed by atoms with Gasteiger partial charge in [0.25, 0.3) is 5.82 Å². The molecular weight excluding hydrogens is 126 g/mol. The summed E-state index contributed by atoms with van der Waals surface area (Å²) in [5.74, 6) is 1.33. The molecule has 0 spiro atoms. The molecule has 0 saturated heterocycles. The van der Waals surface area contributed by atoms with E-state index in [1.165, 1.54) is 0 Å². The maximum atomic E-state index is 7.12. The monoisotopic (exact) mass is 139 g/mol. The number of aromatic nitrogens is 2. The lowest BCUT2D eigenvalue weighted by atomic mass is 10.3. The normalized spacial score (nSPS) is 11.2. The second kappa shape index (κ2) is 2.25. The molecule has 54 valence electrons. The Hall–Kier alpha value is -1.12. The Kier molecular flexibility index (Phi) is 1.27. The van der Waals surface area contributed by atoms with Crippen molar-refractivity contribution in [2.45, 2.75) is 13.8 Å². The van der Waals surface area contributed by atoms with Crippen molar-refractivity contribution in [3.63, 3.8) is 0 Å². The lowest BCUT2D eigenvalue weighted by Crippen LogP contribution is -2.33. The van der Waals surface area contributed by atoms with E-state index in [1.807, 2.05) is 24.7 Å². The largest absolute Gasteiger partial charge is 0.363 e. The van der Waals surface area contributed by atoms with E-state index in [1.54, 1.807) is 0 Å². The van der Waals surface area contributed by atoms with Gasteiger partial charge in [0.1, 0.15) is 0 Å². The Morgan fingerprint density at radius 2 is 2.50 bits per heavy atom. The highest BCUT2D eigenvalue weighted by atomic mass is 15.0. The van der Waals surface area contributed by atoms with Crippen LogP contribution in [-0.2, 0) is 7.05 Å². The van der Waals surface area contributed by atoms with Gasteiger partial charge in [0.15, 0.2) is 0 Å². The number of nitrogens with two attached hydrogens (primary N) is 1. The summed E-state index contributed by atoms with van der Waals surface area (Å²) in [6.07, 6.45) is 1.84. The standard InChI is InChI=1S/C7H11N3/c1-5-4-10(3)6(2)9-7(5)8/h4,8H,1-3H3/p+1/i1D. The Bertz CT molecular complexity index is 273. The van der Waals surface area contributed by atoms with Crippen LogP contribution < -0.4 is 10.3 Å². The van der Waals surface area contributed by atoms with Gasteiger partial charge in [-0.15, -0.1) is 0 Å². The molecule has 1 aromatic rings. The van der Waals surface area contributed by atoms with Crippen molar-refractivity contribution in [2.24, 2.45) is 7.05 Å². The van der Waals surface area contributed by atoms with Crippen molar-refractivity contribution in [3.05, 3.63) is 17.6 Å². The Balaban J connectivity index is 3.21. The van der Waals surface area contributed by atoms with E-state index in [4.69, 9.17) is 7.10 Å². The molecule has 0 radical (unpaired) electrons. The fourth-order valence-electron chi connectivity index (χ4n) is 0.718. The van der Waals surface area contributed by atoms with Crippen LogP contribution in [0.3, 0.4) is 0 Å². The van der Waals surface area contributed by atoms with Gasteiger partial charge >= 0.3 is 0 Å². The van der Waals surface area contributed by atoms with E-state index < -0.39 is 0 Å². The van der Waals surface area contributed by atoms with Crippen molar-refractivity contribution in [2.75, 3.05) is 5.73 Å². The van der Waals surface area contributed by atoms with Crippen LogP contribution in [0.5, 0.6) is 0 Å². The molecule has 10 heavy (non-hydrogen) atoms.